The molecule has 0 bridgehead atoms. The molecule has 0 amide bonds. The zero-order chi connectivity index (χ0) is 12.1. The fourth-order valence-electron chi connectivity index (χ4n) is 1.38. The monoisotopic (exact) mass is 245 g/mol. The van der Waals surface area contributed by atoms with E-state index in [1.807, 2.05) is 31.2 Å². The Morgan fingerprint density at radius 2 is 2.35 bits per heavy atom. The van der Waals surface area contributed by atoms with E-state index in [0.29, 0.717) is 17.3 Å². The highest BCUT2D eigenvalue weighted by atomic mass is 32.2. The molecular formula is C11H11N5S. The van der Waals surface area contributed by atoms with Crippen molar-refractivity contribution >= 4 is 11.8 Å². The van der Waals surface area contributed by atoms with E-state index in [0.717, 1.165) is 11.3 Å². The molecule has 0 aliphatic carbocycles. The van der Waals surface area contributed by atoms with Crippen LogP contribution in [0.15, 0.2) is 29.4 Å². The third kappa shape index (κ3) is 2.82. The first-order valence-electron chi connectivity index (χ1n) is 5.16. The van der Waals surface area contributed by atoms with Crippen molar-refractivity contribution in [1.82, 2.24) is 20.2 Å². The standard InChI is InChI=1S/C11H11N5S/c1-9-4-2-5-10(8-9)16-11(13-14-15-16)17-7-3-6-12/h2,4-5,8H,3,7H2,1H3. The van der Waals surface area contributed by atoms with E-state index in [1.54, 1.807) is 4.68 Å². The molecule has 2 aromatic rings. The number of nitrogens with zero attached hydrogens (tertiary/aromatic N) is 5. The third-order valence-corrected chi connectivity index (χ3v) is 3.05. The Bertz CT molecular complexity index is 543. The van der Waals surface area contributed by atoms with E-state index in [4.69, 9.17) is 5.26 Å². The Morgan fingerprint density at radius 1 is 1.47 bits per heavy atom. The highest BCUT2D eigenvalue weighted by Crippen LogP contribution is 2.19. The van der Waals surface area contributed by atoms with E-state index in [9.17, 15) is 0 Å². The molecule has 0 saturated heterocycles. The summed E-state index contributed by atoms with van der Waals surface area (Å²) in [5.74, 6) is 0.697. The van der Waals surface area contributed by atoms with Gasteiger partial charge in [-0.1, -0.05) is 23.9 Å². The number of benzene rings is 1. The lowest BCUT2D eigenvalue weighted by Crippen LogP contribution is -1.99. The maximum absolute atomic E-state index is 8.50. The zero-order valence-electron chi connectivity index (χ0n) is 9.37. The van der Waals surface area contributed by atoms with Crippen molar-refractivity contribution in [3.05, 3.63) is 29.8 Å². The van der Waals surface area contributed by atoms with Gasteiger partial charge >= 0.3 is 0 Å². The highest BCUT2D eigenvalue weighted by molar-refractivity contribution is 7.99. The molecule has 2 rings (SSSR count). The van der Waals surface area contributed by atoms with Crippen LogP contribution < -0.4 is 0 Å². The maximum atomic E-state index is 8.50. The molecule has 0 spiro atoms. The number of tetrazole rings is 1. The second kappa shape index (κ2) is 5.46. The average molecular weight is 245 g/mol. The summed E-state index contributed by atoms with van der Waals surface area (Å²) in [6.45, 7) is 2.02. The summed E-state index contributed by atoms with van der Waals surface area (Å²) in [5.41, 5.74) is 2.10. The fraction of sp³-hybridized carbons (Fsp3) is 0.273. The summed E-state index contributed by atoms with van der Waals surface area (Å²) in [6.07, 6.45) is 0.491. The lowest BCUT2D eigenvalue weighted by Gasteiger charge is -2.03. The van der Waals surface area contributed by atoms with Crippen molar-refractivity contribution in [3.8, 4) is 11.8 Å². The number of hydrogen-bond acceptors (Lipinski definition) is 5. The van der Waals surface area contributed by atoms with Gasteiger partial charge in [0, 0.05) is 12.2 Å². The Balaban J connectivity index is 2.22. The Kier molecular flexibility index (Phi) is 3.73. The molecule has 0 atom stereocenters. The number of hydrogen-bond donors (Lipinski definition) is 0. The topological polar surface area (TPSA) is 67.4 Å². The van der Waals surface area contributed by atoms with Crippen molar-refractivity contribution < 1.29 is 0 Å². The van der Waals surface area contributed by atoms with E-state index in [-0.39, 0.29) is 0 Å². The molecule has 5 nitrogen and oxygen atoms in total. The number of aromatic nitrogens is 4. The molecule has 0 aliphatic rings. The number of aryl methyl sites for hydroxylation is 1. The van der Waals surface area contributed by atoms with E-state index >= 15 is 0 Å². The van der Waals surface area contributed by atoms with Gasteiger partial charge in [-0.3, -0.25) is 0 Å². The van der Waals surface area contributed by atoms with Crippen LogP contribution in [-0.2, 0) is 0 Å². The zero-order valence-corrected chi connectivity index (χ0v) is 10.2. The van der Waals surface area contributed by atoms with Crippen LogP contribution in [0.5, 0.6) is 0 Å². The lowest BCUT2D eigenvalue weighted by molar-refractivity contribution is 0.755. The summed E-state index contributed by atoms with van der Waals surface area (Å²) in [6, 6.07) is 10.1. The Morgan fingerprint density at radius 3 is 3.12 bits per heavy atom. The van der Waals surface area contributed by atoms with E-state index in [1.165, 1.54) is 11.8 Å². The molecule has 0 fully saturated rings. The highest BCUT2D eigenvalue weighted by Gasteiger charge is 2.08. The molecule has 6 heteroatoms. The summed E-state index contributed by atoms with van der Waals surface area (Å²) in [5, 5.41) is 20.8. The quantitative estimate of drug-likeness (QED) is 0.608. The Hall–Kier alpha value is -1.87. The van der Waals surface area contributed by atoms with Crippen LogP contribution in [-0.4, -0.2) is 26.0 Å². The fourth-order valence-corrected chi connectivity index (χ4v) is 2.11. The van der Waals surface area contributed by atoms with Gasteiger partial charge in [0.25, 0.3) is 0 Å². The smallest absolute Gasteiger partial charge is 0.198 e. The molecule has 0 saturated carbocycles. The molecule has 1 aromatic carbocycles. The number of thioether (sulfide) groups is 1. The SMILES string of the molecule is Cc1cccc(-n2nnnc2SCCC#N)c1. The van der Waals surface area contributed by atoms with Gasteiger partial charge in [0.05, 0.1) is 11.8 Å². The lowest BCUT2D eigenvalue weighted by atomic mass is 10.2. The minimum Gasteiger partial charge on any atom is -0.198 e. The van der Waals surface area contributed by atoms with Crippen LogP contribution in [0, 0.1) is 18.3 Å². The minimum absolute atomic E-state index is 0.491. The molecule has 1 heterocycles. The van der Waals surface area contributed by atoms with Crippen LogP contribution in [0.1, 0.15) is 12.0 Å². The van der Waals surface area contributed by atoms with Crippen LogP contribution >= 0.6 is 11.8 Å². The Labute approximate surface area is 103 Å². The summed E-state index contributed by atoms with van der Waals surface area (Å²) in [4.78, 5) is 0. The van der Waals surface area contributed by atoms with Gasteiger partial charge in [-0.25, -0.2) is 0 Å². The first kappa shape index (κ1) is 11.6. The minimum atomic E-state index is 0.491. The molecule has 0 unspecified atom stereocenters. The largest absolute Gasteiger partial charge is 0.214 e. The van der Waals surface area contributed by atoms with Crippen molar-refractivity contribution in [2.75, 3.05) is 5.75 Å². The molecule has 86 valence electrons. The third-order valence-electron chi connectivity index (χ3n) is 2.13. The summed E-state index contributed by atoms with van der Waals surface area (Å²) < 4.78 is 1.69. The molecule has 1 aromatic heterocycles. The van der Waals surface area contributed by atoms with Crippen molar-refractivity contribution in [2.24, 2.45) is 0 Å². The van der Waals surface area contributed by atoms with E-state index < -0.39 is 0 Å². The number of nitriles is 1. The first-order valence-corrected chi connectivity index (χ1v) is 6.15. The molecule has 17 heavy (non-hydrogen) atoms. The maximum Gasteiger partial charge on any atom is 0.214 e. The van der Waals surface area contributed by atoms with Gasteiger partial charge in [0.1, 0.15) is 0 Å². The summed E-state index contributed by atoms with van der Waals surface area (Å²) >= 11 is 1.48. The van der Waals surface area contributed by atoms with Gasteiger partial charge in [0.15, 0.2) is 0 Å². The van der Waals surface area contributed by atoms with Crippen molar-refractivity contribution in [2.45, 2.75) is 18.5 Å². The molecule has 0 N–H and O–H groups in total. The van der Waals surface area contributed by atoms with Crippen molar-refractivity contribution in [1.29, 1.82) is 5.26 Å². The second-order valence-corrected chi connectivity index (χ2v) is 4.53. The van der Waals surface area contributed by atoms with Crippen LogP contribution in [0.4, 0.5) is 0 Å². The number of rotatable bonds is 4. The van der Waals surface area contributed by atoms with E-state index in [2.05, 4.69) is 21.6 Å². The molecule has 0 radical (unpaired) electrons. The second-order valence-electron chi connectivity index (χ2n) is 3.47. The normalized spacial score (nSPS) is 10.1. The van der Waals surface area contributed by atoms with Gasteiger partial charge in [-0.2, -0.15) is 9.94 Å². The predicted molar refractivity (Wildman–Crippen MR) is 64.8 cm³/mol. The predicted octanol–water partition coefficient (Wildman–Crippen LogP) is 1.98. The molecular weight excluding hydrogens is 234 g/mol. The molecule has 0 aliphatic heterocycles. The van der Waals surface area contributed by atoms with Gasteiger partial charge < -0.3 is 0 Å². The van der Waals surface area contributed by atoms with Crippen LogP contribution in [0.2, 0.25) is 0 Å². The summed E-state index contributed by atoms with van der Waals surface area (Å²) in [7, 11) is 0. The van der Waals surface area contributed by atoms with Gasteiger partial charge in [-0.05, 0) is 35.0 Å². The van der Waals surface area contributed by atoms with Crippen LogP contribution in [0.25, 0.3) is 5.69 Å². The first-order chi connectivity index (χ1) is 8.31. The average Bonchev–Trinajstić information content (AvgIpc) is 2.78. The van der Waals surface area contributed by atoms with Gasteiger partial charge in [-0.15, -0.1) is 5.10 Å². The van der Waals surface area contributed by atoms with Crippen molar-refractivity contribution in [3.63, 3.8) is 0 Å². The van der Waals surface area contributed by atoms with Crippen LogP contribution in [0.3, 0.4) is 0 Å². The van der Waals surface area contributed by atoms with Gasteiger partial charge in [0.2, 0.25) is 5.16 Å².